The fourth-order valence-electron chi connectivity index (χ4n) is 1.66. The van der Waals surface area contributed by atoms with Crippen LogP contribution in [0.5, 0.6) is 0 Å². The van der Waals surface area contributed by atoms with Crippen LogP contribution in [0.15, 0.2) is 38.6 Å². The molecular formula is C12H11Br2FN2S. The van der Waals surface area contributed by atoms with Crippen LogP contribution < -0.4 is 11.3 Å². The summed E-state index contributed by atoms with van der Waals surface area (Å²) in [5.41, 5.74) is 3.57. The Kier molecular flexibility index (Phi) is 4.91. The fraction of sp³-hybridized carbons (Fsp3) is 0.167. The summed E-state index contributed by atoms with van der Waals surface area (Å²) in [6.45, 7) is 0. The molecule has 0 fully saturated rings. The zero-order valence-electron chi connectivity index (χ0n) is 9.29. The van der Waals surface area contributed by atoms with E-state index in [1.807, 2.05) is 17.5 Å². The minimum atomic E-state index is -0.278. The van der Waals surface area contributed by atoms with Crippen molar-refractivity contribution in [2.24, 2.45) is 5.84 Å². The number of benzene rings is 1. The van der Waals surface area contributed by atoms with Gasteiger partial charge in [0.1, 0.15) is 5.82 Å². The van der Waals surface area contributed by atoms with Crippen molar-refractivity contribution < 1.29 is 4.39 Å². The molecule has 0 bridgehead atoms. The summed E-state index contributed by atoms with van der Waals surface area (Å²) in [7, 11) is 0. The lowest BCUT2D eigenvalue weighted by molar-refractivity contribution is 0.546. The molecule has 0 saturated carbocycles. The third-order valence-electron chi connectivity index (χ3n) is 2.57. The summed E-state index contributed by atoms with van der Waals surface area (Å²) in [5.74, 6) is 5.28. The van der Waals surface area contributed by atoms with Crippen molar-refractivity contribution in [3.63, 3.8) is 0 Å². The Morgan fingerprint density at radius 1 is 1.33 bits per heavy atom. The second kappa shape index (κ2) is 6.25. The molecule has 1 heterocycles. The van der Waals surface area contributed by atoms with Gasteiger partial charge in [-0.3, -0.25) is 11.3 Å². The zero-order valence-corrected chi connectivity index (χ0v) is 13.3. The summed E-state index contributed by atoms with van der Waals surface area (Å²) < 4.78 is 15.0. The van der Waals surface area contributed by atoms with Crippen molar-refractivity contribution in [2.45, 2.75) is 12.5 Å². The van der Waals surface area contributed by atoms with E-state index in [-0.39, 0.29) is 11.9 Å². The highest BCUT2D eigenvalue weighted by atomic mass is 79.9. The molecule has 1 aromatic heterocycles. The van der Waals surface area contributed by atoms with Crippen LogP contribution in [0.2, 0.25) is 0 Å². The number of rotatable bonds is 4. The SMILES string of the molecule is NNC(Cc1cc(Br)cs1)c1ccc(Br)c(F)c1. The lowest BCUT2D eigenvalue weighted by Crippen LogP contribution is -2.29. The van der Waals surface area contributed by atoms with Crippen LogP contribution in [0.3, 0.4) is 0 Å². The molecule has 0 spiro atoms. The maximum Gasteiger partial charge on any atom is 0.137 e. The molecule has 1 aromatic carbocycles. The highest BCUT2D eigenvalue weighted by Crippen LogP contribution is 2.27. The Bertz CT molecular complexity index is 545. The van der Waals surface area contributed by atoms with Crippen molar-refractivity contribution in [3.8, 4) is 0 Å². The smallest absolute Gasteiger partial charge is 0.137 e. The van der Waals surface area contributed by atoms with Crippen LogP contribution in [-0.4, -0.2) is 0 Å². The molecule has 6 heteroatoms. The van der Waals surface area contributed by atoms with Crippen molar-refractivity contribution in [1.82, 2.24) is 5.43 Å². The number of hydrazine groups is 1. The van der Waals surface area contributed by atoms with Gasteiger partial charge in [0.25, 0.3) is 0 Å². The van der Waals surface area contributed by atoms with Gasteiger partial charge in [-0.25, -0.2) is 4.39 Å². The molecule has 2 aromatic rings. The van der Waals surface area contributed by atoms with E-state index < -0.39 is 0 Å². The largest absolute Gasteiger partial charge is 0.271 e. The molecule has 1 atom stereocenters. The molecule has 0 amide bonds. The van der Waals surface area contributed by atoms with Crippen LogP contribution in [0, 0.1) is 5.82 Å². The van der Waals surface area contributed by atoms with Crippen LogP contribution in [0.25, 0.3) is 0 Å². The lowest BCUT2D eigenvalue weighted by Gasteiger charge is -2.15. The Morgan fingerprint density at radius 2 is 2.11 bits per heavy atom. The van der Waals surface area contributed by atoms with Gasteiger partial charge in [0.2, 0.25) is 0 Å². The maximum absolute atomic E-state index is 13.5. The quantitative estimate of drug-likeness (QED) is 0.604. The Labute approximate surface area is 126 Å². The maximum atomic E-state index is 13.5. The first-order valence-corrected chi connectivity index (χ1v) is 7.70. The zero-order chi connectivity index (χ0) is 13.1. The molecule has 18 heavy (non-hydrogen) atoms. The molecule has 1 unspecified atom stereocenters. The molecular weight excluding hydrogens is 383 g/mol. The van der Waals surface area contributed by atoms with Gasteiger partial charge in [-0.05, 0) is 55.6 Å². The average Bonchev–Trinajstić information content (AvgIpc) is 2.75. The minimum Gasteiger partial charge on any atom is -0.271 e. The monoisotopic (exact) mass is 392 g/mol. The van der Waals surface area contributed by atoms with E-state index in [1.165, 1.54) is 10.9 Å². The van der Waals surface area contributed by atoms with Gasteiger partial charge in [0.05, 0.1) is 10.5 Å². The van der Waals surface area contributed by atoms with Crippen LogP contribution >= 0.6 is 43.2 Å². The predicted molar refractivity (Wildman–Crippen MR) is 79.9 cm³/mol. The van der Waals surface area contributed by atoms with Gasteiger partial charge in [0.15, 0.2) is 0 Å². The van der Waals surface area contributed by atoms with E-state index in [0.717, 1.165) is 16.5 Å². The van der Waals surface area contributed by atoms with Gasteiger partial charge in [-0.2, -0.15) is 0 Å². The normalized spacial score (nSPS) is 12.7. The Balaban J connectivity index is 2.19. The number of nitrogens with two attached hydrogens (primary N) is 1. The number of halogens is 3. The van der Waals surface area contributed by atoms with Gasteiger partial charge in [-0.15, -0.1) is 11.3 Å². The molecule has 3 N–H and O–H groups in total. The van der Waals surface area contributed by atoms with Gasteiger partial charge >= 0.3 is 0 Å². The van der Waals surface area contributed by atoms with Crippen molar-refractivity contribution in [3.05, 3.63) is 54.8 Å². The first kappa shape index (κ1) is 14.1. The lowest BCUT2D eigenvalue weighted by atomic mass is 10.0. The average molecular weight is 394 g/mol. The van der Waals surface area contributed by atoms with Crippen molar-refractivity contribution >= 4 is 43.2 Å². The number of nitrogens with one attached hydrogen (secondary N) is 1. The molecule has 0 aliphatic carbocycles. The number of hydrogen-bond donors (Lipinski definition) is 2. The van der Waals surface area contributed by atoms with E-state index in [1.54, 1.807) is 17.4 Å². The predicted octanol–water partition coefficient (Wildman–Crippen LogP) is 4.16. The Morgan fingerprint density at radius 3 is 2.67 bits per heavy atom. The first-order valence-electron chi connectivity index (χ1n) is 5.24. The molecule has 0 aliphatic heterocycles. The van der Waals surface area contributed by atoms with E-state index in [0.29, 0.717) is 4.47 Å². The van der Waals surface area contributed by atoms with Gasteiger partial charge < -0.3 is 0 Å². The summed E-state index contributed by atoms with van der Waals surface area (Å²) in [6.07, 6.45) is 0.730. The summed E-state index contributed by atoms with van der Waals surface area (Å²) >= 11 is 8.20. The third kappa shape index (κ3) is 3.39. The van der Waals surface area contributed by atoms with Crippen LogP contribution in [0.1, 0.15) is 16.5 Å². The van der Waals surface area contributed by atoms with Crippen molar-refractivity contribution in [1.29, 1.82) is 0 Å². The van der Waals surface area contributed by atoms with Crippen LogP contribution in [0.4, 0.5) is 4.39 Å². The van der Waals surface area contributed by atoms with E-state index in [2.05, 4.69) is 37.3 Å². The second-order valence-electron chi connectivity index (χ2n) is 3.83. The number of thiophene rings is 1. The first-order chi connectivity index (χ1) is 8.60. The molecule has 0 saturated heterocycles. The summed E-state index contributed by atoms with van der Waals surface area (Å²) in [4.78, 5) is 1.19. The van der Waals surface area contributed by atoms with E-state index in [9.17, 15) is 4.39 Å². The number of hydrogen-bond acceptors (Lipinski definition) is 3. The van der Waals surface area contributed by atoms with E-state index in [4.69, 9.17) is 5.84 Å². The third-order valence-corrected chi connectivity index (χ3v) is 4.94. The van der Waals surface area contributed by atoms with Crippen molar-refractivity contribution in [2.75, 3.05) is 0 Å². The summed E-state index contributed by atoms with van der Waals surface area (Å²) in [5, 5.41) is 2.02. The van der Waals surface area contributed by atoms with Gasteiger partial charge in [0, 0.05) is 21.2 Å². The summed E-state index contributed by atoms with van der Waals surface area (Å²) in [6, 6.07) is 7.00. The minimum absolute atomic E-state index is 0.0989. The fourth-order valence-corrected chi connectivity index (χ4v) is 3.41. The Hall–Kier alpha value is -0.270. The standard InChI is InChI=1S/C12H11Br2FN2S/c13-8-4-9(18-6-8)5-12(17-16)7-1-2-10(14)11(15)3-7/h1-4,6,12,17H,5,16H2. The molecule has 0 radical (unpaired) electrons. The molecule has 0 aliphatic rings. The van der Waals surface area contributed by atoms with Gasteiger partial charge in [-0.1, -0.05) is 6.07 Å². The molecule has 2 nitrogen and oxygen atoms in total. The van der Waals surface area contributed by atoms with Crippen LogP contribution in [-0.2, 0) is 6.42 Å². The molecule has 96 valence electrons. The highest BCUT2D eigenvalue weighted by molar-refractivity contribution is 9.10. The molecule has 2 rings (SSSR count). The second-order valence-corrected chi connectivity index (χ2v) is 6.59. The highest BCUT2D eigenvalue weighted by Gasteiger charge is 2.13. The topological polar surface area (TPSA) is 38.0 Å². The van der Waals surface area contributed by atoms with E-state index >= 15 is 0 Å².